The van der Waals surface area contributed by atoms with Crippen LogP contribution in [0.5, 0.6) is 0 Å². The van der Waals surface area contributed by atoms with E-state index in [-0.39, 0.29) is 0 Å². The van der Waals surface area contributed by atoms with Gasteiger partial charge in [0.15, 0.2) is 0 Å². The molecule has 72 valence electrons. The molecule has 1 aromatic rings. The topological polar surface area (TPSA) is 12.0 Å². The first-order chi connectivity index (χ1) is 6.81. The number of hydrogen-bond donors (Lipinski definition) is 1. The first kappa shape index (κ1) is 9.07. The maximum atomic E-state index is 4.05. The van der Waals surface area contributed by atoms with Gasteiger partial charge in [-0.15, -0.1) is 0 Å². The van der Waals surface area contributed by atoms with Crippen molar-refractivity contribution in [3.05, 3.63) is 59.8 Å². The lowest BCUT2D eigenvalue weighted by molar-refractivity contribution is 0.675. The second kappa shape index (κ2) is 3.70. The Labute approximate surface area is 85.2 Å². The first-order valence-corrected chi connectivity index (χ1v) is 4.97. The van der Waals surface area contributed by atoms with Crippen molar-refractivity contribution in [1.29, 1.82) is 0 Å². The zero-order chi connectivity index (χ0) is 9.97. The maximum absolute atomic E-state index is 4.05. The van der Waals surface area contributed by atoms with Gasteiger partial charge in [0, 0.05) is 5.70 Å². The van der Waals surface area contributed by atoms with Gasteiger partial charge in [0.05, 0.1) is 6.04 Å². The third-order valence-corrected chi connectivity index (χ3v) is 2.65. The molecule has 1 aliphatic rings. The van der Waals surface area contributed by atoms with Gasteiger partial charge >= 0.3 is 0 Å². The van der Waals surface area contributed by atoms with Crippen LogP contribution >= 0.6 is 0 Å². The van der Waals surface area contributed by atoms with Crippen molar-refractivity contribution in [2.45, 2.75) is 19.4 Å². The highest BCUT2D eigenvalue weighted by atomic mass is 15.0. The molecule has 1 heteroatoms. The van der Waals surface area contributed by atoms with Crippen LogP contribution in [0.1, 0.15) is 24.9 Å². The van der Waals surface area contributed by atoms with Gasteiger partial charge in [-0.05, 0) is 24.5 Å². The summed E-state index contributed by atoms with van der Waals surface area (Å²) in [6.07, 6.45) is 3.11. The zero-order valence-electron chi connectivity index (χ0n) is 8.46. The molecular formula is C13H15N. The van der Waals surface area contributed by atoms with Gasteiger partial charge < -0.3 is 5.32 Å². The zero-order valence-corrected chi connectivity index (χ0v) is 8.46. The Bertz CT molecular complexity index is 362. The number of hydrogen-bond acceptors (Lipinski definition) is 1. The van der Waals surface area contributed by atoms with E-state index in [4.69, 9.17) is 0 Å². The van der Waals surface area contributed by atoms with Crippen LogP contribution in [-0.2, 0) is 0 Å². The molecule has 1 saturated heterocycles. The lowest BCUT2D eigenvalue weighted by Gasteiger charge is -2.10. The molecule has 1 nitrogen and oxygen atoms in total. The van der Waals surface area contributed by atoms with E-state index in [2.05, 4.69) is 42.2 Å². The van der Waals surface area contributed by atoms with Crippen LogP contribution in [0.3, 0.4) is 0 Å². The molecule has 0 spiro atoms. The van der Waals surface area contributed by atoms with E-state index in [0.717, 1.165) is 6.42 Å². The van der Waals surface area contributed by atoms with E-state index >= 15 is 0 Å². The Morgan fingerprint density at radius 1 is 1.36 bits per heavy atom. The Hall–Kier alpha value is -1.50. The molecule has 1 fully saturated rings. The summed E-state index contributed by atoms with van der Waals surface area (Å²) in [6.45, 7) is 6.09. The Balaban J connectivity index is 2.21. The van der Waals surface area contributed by atoms with Crippen molar-refractivity contribution >= 4 is 0 Å². The lowest BCUT2D eigenvalue weighted by atomic mass is 10.0. The molecule has 0 aliphatic carbocycles. The third kappa shape index (κ3) is 1.58. The normalized spacial score (nSPS) is 23.9. The van der Waals surface area contributed by atoms with Crippen LogP contribution in [0, 0.1) is 0 Å². The minimum atomic E-state index is 0.412. The van der Waals surface area contributed by atoms with Gasteiger partial charge in [-0.1, -0.05) is 43.0 Å². The van der Waals surface area contributed by atoms with Crippen LogP contribution < -0.4 is 5.32 Å². The van der Waals surface area contributed by atoms with Gasteiger partial charge in [-0.2, -0.15) is 0 Å². The standard InChI is InChI=1S/C13H15N/c1-3-12-10(2)9-13(14-12)11-7-5-4-6-8-11/h3-8,13-14H,2,9H2,1H3/b12-3-. The summed E-state index contributed by atoms with van der Waals surface area (Å²) in [4.78, 5) is 0. The molecule has 0 radical (unpaired) electrons. The molecule has 14 heavy (non-hydrogen) atoms. The monoisotopic (exact) mass is 185 g/mol. The van der Waals surface area contributed by atoms with E-state index in [1.807, 2.05) is 13.0 Å². The fourth-order valence-corrected chi connectivity index (χ4v) is 1.87. The molecule has 1 aliphatic heterocycles. The minimum Gasteiger partial charge on any atom is -0.378 e. The van der Waals surface area contributed by atoms with E-state index in [1.165, 1.54) is 16.8 Å². The fourth-order valence-electron chi connectivity index (χ4n) is 1.87. The highest BCUT2D eigenvalue weighted by molar-refractivity contribution is 5.36. The number of nitrogens with one attached hydrogen (secondary N) is 1. The number of rotatable bonds is 1. The molecule has 1 unspecified atom stereocenters. The summed E-state index contributed by atoms with van der Waals surface area (Å²) < 4.78 is 0. The van der Waals surface area contributed by atoms with Crippen molar-refractivity contribution in [2.75, 3.05) is 0 Å². The molecule has 2 rings (SSSR count). The minimum absolute atomic E-state index is 0.412. The van der Waals surface area contributed by atoms with Crippen LogP contribution in [0.25, 0.3) is 0 Å². The predicted molar refractivity (Wildman–Crippen MR) is 59.8 cm³/mol. The lowest BCUT2D eigenvalue weighted by Crippen LogP contribution is -2.11. The van der Waals surface area contributed by atoms with Gasteiger partial charge in [0.1, 0.15) is 0 Å². The molecule has 0 bridgehead atoms. The molecule has 0 amide bonds. The molecule has 1 aromatic carbocycles. The summed E-state index contributed by atoms with van der Waals surface area (Å²) in [7, 11) is 0. The van der Waals surface area contributed by atoms with E-state index in [9.17, 15) is 0 Å². The number of benzene rings is 1. The summed E-state index contributed by atoms with van der Waals surface area (Å²) in [5.74, 6) is 0. The Morgan fingerprint density at radius 2 is 2.07 bits per heavy atom. The van der Waals surface area contributed by atoms with Crippen LogP contribution in [-0.4, -0.2) is 0 Å². The summed E-state index contributed by atoms with van der Waals surface area (Å²) in [5, 5.41) is 3.47. The average Bonchev–Trinajstić information content (AvgIpc) is 2.61. The van der Waals surface area contributed by atoms with Gasteiger partial charge in [0.25, 0.3) is 0 Å². The highest BCUT2D eigenvalue weighted by Gasteiger charge is 2.21. The molecule has 1 atom stereocenters. The van der Waals surface area contributed by atoms with E-state index in [0.29, 0.717) is 6.04 Å². The van der Waals surface area contributed by atoms with Crippen molar-refractivity contribution < 1.29 is 0 Å². The van der Waals surface area contributed by atoms with Crippen LogP contribution in [0.15, 0.2) is 54.3 Å². The SMILES string of the molecule is C=C1CC(c2ccccc2)N/C1=C\C. The van der Waals surface area contributed by atoms with Gasteiger partial charge in [-0.25, -0.2) is 0 Å². The predicted octanol–water partition coefficient (Wildman–Crippen LogP) is 3.18. The quantitative estimate of drug-likeness (QED) is 0.708. The second-order valence-electron chi connectivity index (χ2n) is 3.62. The molecular weight excluding hydrogens is 170 g/mol. The van der Waals surface area contributed by atoms with Crippen molar-refractivity contribution in [2.24, 2.45) is 0 Å². The largest absolute Gasteiger partial charge is 0.378 e. The average molecular weight is 185 g/mol. The van der Waals surface area contributed by atoms with Gasteiger partial charge in [0.2, 0.25) is 0 Å². The number of allylic oxidation sites excluding steroid dienone is 2. The first-order valence-electron chi connectivity index (χ1n) is 4.97. The second-order valence-corrected chi connectivity index (χ2v) is 3.62. The molecule has 0 aromatic heterocycles. The molecule has 0 saturated carbocycles. The third-order valence-electron chi connectivity index (χ3n) is 2.65. The van der Waals surface area contributed by atoms with Crippen molar-refractivity contribution in [3.8, 4) is 0 Å². The summed E-state index contributed by atoms with van der Waals surface area (Å²) in [5.41, 5.74) is 3.74. The summed E-state index contributed by atoms with van der Waals surface area (Å²) in [6, 6.07) is 10.9. The maximum Gasteiger partial charge on any atom is 0.0554 e. The smallest absolute Gasteiger partial charge is 0.0554 e. The molecule has 1 heterocycles. The van der Waals surface area contributed by atoms with E-state index < -0.39 is 0 Å². The summed E-state index contributed by atoms with van der Waals surface area (Å²) >= 11 is 0. The Kier molecular flexibility index (Phi) is 2.40. The van der Waals surface area contributed by atoms with Crippen LogP contribution in [0.2, 0.25) is 0 Å². The van der Waals surface area contributed by atoms with Gasteiger partial charge in [-0.3, -0.25) is 0 Å². The Morgan fingerprint density at radius 3 is 2.64 bits per heavy atom. The van der Waals surface area contributed by atoms with Crippen molar-refractivity contribution in [3.63, 3.8) is 0 Å². The molecule has 1 N–H and O–H groups in total. The van der Waals surface area contributed by atoms with Crippen LogP contribution in [0.4, 0.5) is 0 Å². The van der Waals surface area contributed by atoms with Crippen molar-refractivity contribution in [1.82, 2.24) is 5.32 Å². The highest BCUT2D eigenvalue weighted by Crippen LogP contribution is 2.31. The fraction of sp³-hybridized carbons (Fsp3) is 0.231. The van der Waals surface area contributed by atoms with E-state index in [1.54, 1.807) is 0 Å².